The predicted octanol–water partition coefficient (Wildman–Crippen LogP) is 3.59. The van der Waals surface area contributed by atoms with E-state index in [1.54, 1.807) is 11.3 Å². The molecule has 0 spiro atoms. The summed E-state index contributed by atoms with van der Waals surface area (Å²) in [5.41, 5.74) is 1.31. The van der Waals surface area contributed by atoms with Crippen molar-refractivity contribution in [2.75, 3.05) is 11.9 Å². The molecule has 3 rings (SSSR count). The Morgan fingerprint density at radius 3 is 3.00 bits per heavy atom. The molecule has 0 radical (unpaired) electrons. The van der Waals surface area contributed by atoms with Gasteiger partial charge in [-0.1, -0.05) is 6.07 Å². The molecule has 1 atom stereocenters. The number of anilines is 1. The van der Waals surface area contributed by atoms with Crippen molar-refractivity contribution in [2.24, 2.45) is 0 Å². The van der Waals surface area contributed by atoms with Gasteiger partial charge in [-0.25, -0.2) is 4.98 Å². The highest BCUT2D eigenvalue weighted by Crippen LogP contribution is 2.27. The van der Waals surface area contributed by atoms with Crippen LogP contribution in [-0.4, -0.2) is 18.1 Å². The first kappa shape index (κ1) is 13.6. The second-order valence-corrected chi connectivity index (χ2v) is 6.46. The highest BCUT2D eigenvalue weighted by Gasteiger charge is 2.20. The number of rotatable bonds is 6. The maximum Gasteiger partial charge on any atom is 0.129 e. The second-order valence-electron chi connectivity index (χ2n) is 5.48. The van der Waals surface area contributed by atoms with E-state index in [0.29, 0.717) is 6.04 Å². The molecule has 4 heteroatoms. The summed E-state index contributed by atoms with van der Waals surface area (Å²) in [7, 11) is 2.12. The molecule has 2 aromatic heterocycles. The van der Waals surface area contributed by atoms with Crippen LogP contribution >= 0.6 is 11.3 Å². The largest absolute Gasteiger partial charge is 0.352 e. The van der Waals surface area contributed by atoms with E-state index >= 15 is 0 Å². The van der Waals surface area contributed by atoms with E-state index in [0.717, 1.165) is 18.4 Å². The molecule has 0 amide bonds. The van der Waals surface area contributed by atoms with Crippen LogP contribution in [0.5, 0.6) is 0 Å². The van der Waals surface area contributed by atoms with Crippen molar-refractivity contribution in [3.63, 3.8) is 0 Å². The molecule has 1 aliphatic carbocycles. The molecule has 2 aromatic rings. The van der Waals surface area contributed by atoms with Crippen LogP contribution in [-0.2, 0) is 6.54 Å². The third-order valence-corrected chi connectivity index (χ3v) is 4.92. The van der Waals surface area contributed by atoms with Gasteiger partial charge in [-0.05, 0) is 48.9 Å². The van der Waals surface area contributed by atoms with E-state index in [2.05, 4.69) is 58.8 Å². The van der Waals surface area contributed by atoms with Gasteiger partial charge in [0.15, 0.2) is 0 Å². The van der Waals surface area contributed by atoms with Crippen LogP contribution in [0.4, 0.5) is 5.82 Å². The van der Waals surface area contributed by atoms with Crippen molar-refractivity contribution in [1.82, 2.24) is 10.3 Å². The lowest BCUT2D eigenvalue weighted by Gasteiger charge is -2.25. The lowest BCUT2D eigenvalue weighted by atomic mass is 10.2. The van der Waals surface area contributed by atoms with Gasteiger partial charge in [0.05, 0.1) is 6.04 Å². The van der Waals surface area contributed by atoms with E-state index < -0.39 is 0 Å². The Morgan fingerprint density at radius 1 is 1.45 bits per heavy atom. The van der Waals surface area contributed by atoms with Crippen molar-refractivity contribution in [1.29, 1.82) is 0 Å². The molecule has 2 heterocycles. The standard InChI is InChI=1S/C16H21N3S/c1-12(15-4-3-9-20-15)19(2)16-10-13(7-8-17-16)11-18-14-5-6-14/h3-4,7-10,12,14,18H,5-6,11H2,1-2H3. The number of aromatic nitrogens is 1. The molecular weight excluding hydrogens is 266 g/mol. The number of nitrogens with zero attached hydrogens (tertiary/aromatic N) is 2. The fourth-order valence-electron chi connectivity index (χ4n) is 2.23. The predicted molar refractivity (Wildman–Crippen MR) is 85.2 cm³/mol. The molecule has 0 aliphatic heterocycles. The molecule has 1 N–H and O–H groups in total. The molecule has 3 nitrogen and oxygen atoms in total. The fourth-order valence-corrected chi connectivity index (χ4v) is 3.06. The van der Waals surface area contributed by atoms with Gasteiger partial charge in [-0.3, -0.25) is 0 Å². The zero-order chi connectivity index (χ0) is 13.9. The van der Waals surface area contributed by atoms with Gasteiger partial charge in [-0.15, -0.1) is 11.3 Å². The quantitative estimate of drug-likeness (QED) is 0.880. The number of pyridine rings is 1. The molecule has 1 saturated carbocycles. The molecule has 106 valence electrons. The first-order valence-corrected chi connectivity index (χ1v) is 8.06. The van der Waals surface area contributed by atoms with Crippen molar-refractivity contribution in [3.05, 3.63) is 46.3 Å². The smallest absolute Gasteiger partial charge is 0.129 e. The van der Waals surface area contributed by atoms with Gasteiger partial charge < -0.3 is 10.2 Å². The summed E-state index contributed by atoms with van der Waals surface area (Å²) in [6, 6.07) is 9.68. The van der Waals surface area contributed by atoms with Crippen LogP contribution < -0.4 is 10.2 Å². The number of nitrogens with one attached hydrogen (secondary N) is 1. The van der Waals surface area contributed by atoms with Crippen LogP contribution in [0, 0.1) is 0 Å². The summed E-state index contributed by atoms with van der Waals surface area (Å²) in [5, 5.41) is 5.68. The molecule has 20 heavy (non-hydrogen) atoms. The molecule has 1 aliphatic rings. The first-order valence-electron chi connectivity index (χ1n) is 7.18. The van der Waals surface area contributed by atoms with Gasteiger partial charge in [0.25, 0.3) is 0 Å². The van der Waals surface area contributed by atoms with E-state index in [1.165, 1.54) is 23.3 Å². The highest BCUT2D eigenvalue weighted by molar-refractivity contribution is 7.10. The van der Waals surface area contributed by atoms with E-state index in [4.69, 9.17) is 0 Å². The minimum absolute atomic E-state index is 0.356. The number of hydrogen-bond donors (Lipinski definition) is 1. The van der Waals surface area contributed by atoms with Gasteiger partial charge in [-0.2, -0.15) is 0 Å². The second kappa shape index (κ2) is 5.94. The zero-order valence-corrected chi connectivity index (χ0v) is 12.9. The average Bonchev–Trinajstić information content (AvgIpc) is 3.15. The Kier molecular flexibility index (Phi) is 4.03. The zero-order valence-electron chi connectivity index (χ0n) is 12.0. The molecule has 0 aromatic carbocycles. The maximum absolute atomic E-state index is 4.52. The van der Waals surface area contributed by atoms with Gasteiger partial charge >= 0.3 is 0 Å². The van der Waals surface area contributed by atoms with E-state index in [9.17, 15) is 0 Å². The van der Waals surface area contributed by atoms with Crippen molar-refractivity contribution < 1.29 is 0 Å². The minimum Gasteiger partial charge on any atom is -0.352 e. The Balaban J connectivity index is 1.69. The summed E-state index contributed by atoms with van der Waals surface area (Å²) in [6.07, 6.45) is 4.57. The van der Waals surface area contributed by atoms with Crippen LogP contribution in [0.2, 0.25) is 0 Å². The SMILES string of the molecule is CC(c1cccs1)N(C)c1cc(CNC2CC2)ccn1. The van der Waals surface area contributed by atoms with Gasteiger partial charge in [0.1, 0.15) is 5.82 Å². The Hall–Kier alpha value is -1.39. The third kappa shape index (κ3) is 3.19. The van der Waals surface area contributed by atoms with E-state index in [1.807, 2.05) is 6.20 Å². The lowest BCUT2D eigenvalue weighted by Crippen LogP contribution is -2.22. The fraction of sp³-hybridized carbons (Fsp3) is 0.438. The molecule has 1 unspecified atom stereocenters. The van der Waals surface area contributed by atoms with Crippen LogP contribution in [0.15, 0.2) is 35.8 Å². The van der Waals surface area contributed by atoms with Crippen molar-refractivity contribution in [3.8, 4) is 0 Å². The minimum atomic E-state index is 0.356. The van der Waals surface area contributed by atoms with Gasteiger partial charge in [0.2, 0.25) is 0 Å². The summed E-state index contributed by atoms with van der Waals surface area (Å²) < 4.78 is 0. The Morgan fingerprint density at radius 2 is 2.30 bits per heavy atom. The maximum atomic E-state index is 4.52. The van der Waals surface area contributed by atoms with Gasteiger partial charge in [0, 0.05) is 30.7 Å². The number of thiophene rings is 1. The Bertz CT molecular complexity index is 549. The third-order valence-electron chi connectivity index (χ3n) is 3.88. The highest BCUT2D eigenvalue weighted by atomic mass is 32.1. The van der Waals surface area contributed by atoms with Crippen molar-refractivity contribution >= 4 is 17.2 Å². The lowest BCUT2D eigenvalue weighted by molar-refractivity contribution is 0.684. The molecule has 0 saturated heterocycles. The van der Waals surface area contributed by atoms with E-state index in [-0.39, 0.29) is 0 Å². The van der Waals surface area contributed by atoms with Crippen LogP contribution in [0.3, 0.4) is 0 Å². The summed E-state index contributed by atoms with van der Waals surface area (Å²) in [4.78, 5) is 8.13. The van der Waals surface area contributed by atoms with Crippen molar-refractivity contribution in [2.45, 2.75) is 38.4 Å². The summed E-state index contributed by atoms with van der Waals surface area (Å²) in [5.74, 6) is 1.04. The topological polar surface area (TPSA) is 28.2 Å². The van der Waals surface area contributed by atoms with Crippen LogP contribution in [0.25, 0.3) is 0 Å². The molecule has 1 fully saturated rings. The first-order chi connectivity index (χ1) is 9.74. The van der Waals surface area contributed by atoms with Crippen LogP contribution in [0.1, 0.15) is 36.2 Å². The average molecular weight is 287 g/mol. The number of hydrogen-bond acceptors (Lipinski definition) is 4. The molecular formula is C16H21N3S. The summed E-state index contributed by atoms with van der Waals surface area (Å²) >= 11 is 1.80. The Labute approximate surface area is 124 Å². The monoisotopic (exact) mass is 287 g/mol. The summed E-state index contributed by atoms with van der Waals surface area (Å²) in [6.45, 7) is 3.17. The normalized spacial score (nSPS) is 16.1. The molecule has 0 bridgehead atoms.